The Morgan fingerprint density at radius 1 is 1.03 bits per heavy atom. The van der Waals surface area contributed by atoms with E-state index in [1.807, 2.05) is 59.5 Å². The molecule has 0 aliphatic carbocycles. The summed E-state index contributed by atoms with van der Waals surface area (Å²) in [7, 11) is 0. The topological polar surface area (TPSA) is 71.7 Å². The van der Waals surface area contributed by atoms with Crippen LogP contribution in [0.3, 0.4) is 0 Å². The summed E-state index contributed by atoms with van der Waals surface area (Å²) in [6.07, 6.45) is 2.43. The van der Waals surface area contributed by atoms with Crippen molar-refractivity contribution in [1.82, 2.24) is 15.1 Å². The summed E-state index contributed by atoms with van der Waals surface area (Å²) < 4.78 is 11.7. The first-order chi connectivity index (χ1) is 15.3. The second-order valence-corrected chi connectivity index (χ2v) is 8.63. The number of hydrogen-bond donors (Lipinski definition) is 0. The number of amides is 1. The average molecular weight is 437 g/mol. The molecular formula is C23H24N4O3S. The van der Waals surface area contributed by atoms with Crippen LogP contribution in [0.1, 0.15) is 30.3 Å². The molecule has 1 fully saturated rings. The molecule has 3 heterocycles. The van der Waals surface area contributed by atoms with Gasteiger partial charge >= 0.3 is 0 Å². The molecule has 0 spiro atoms. The van der Waals surface area contributed by atoms with Crippen LogP contribution in [0.5, 0.6) is 5.75 Å². The molecule has 0 bridgehead atoms. The Hall–Kier alpha value is -2.84. The van der Waals surface area contributed by atoms with Gasteiger partial charge in [-0.05, 0) is 43.6 Å². The van der Waals surface area contributed by atoms with Gasteiger partial charge in [0.25, 0.3) is 5.22 Å². The summed E-state index contributed by atoms with van der Waals surface area (Å²) in [4.78, 5) is 17.5. The van der Waals surface area contributed by atoms with Gasteiger partial charge in [0.15, 0.2) is 0 Å². The highest BCUT2D eigenvalue weighted by Crippen LogP contribution is 2.39. The van der Waals surface area contributed by atoms with Gasteiger partial charge in [0, 0.05) is 0 Å². The first-order valence-corrected chi connectivity index (χ1v) is 11.5. The average Bonchev–Trinajstić information content (AvgIpc) is 3.50. The molecule has 2 aromatic carbocycles. The number of benzene rings is 2. The van der Waals surface area contributed by atoms with E-state index < -0.39 is 0 Å². The fraction of sp³-hybridized carbons (Fsp3) is 0.348. The van der Waals surface area contributed by atoms with E-state index >= 15 is 0 Å². The van der Waals surface area contributed by atoms with E-state index in [-0.39, 0.29) is 17.7 Å². The number of likely N-dealkylation sites (tertiary alicyclic amines) is 1. The number of thioether (sulfide) groups is 1. The number of aromatic nitrogens is 2. The summed E-state index contributed by atoms with van der Waals surface area (Å²) in [6, 6.07) is 17.5. The van der Waals surface area contributed by atoms with Crippen LogP contribution in [0.25, 0.3) is 0 Å². The van der Waals surface area contributed by atoms with Crippen molar-refractivity contribution in [3.8, 4) is 5.75 Å². The van der Waals surface area contributed by atoms with Crippen molar-refractivity contribution >= 4 is 23.4 Å². The fourth-order valence-electron chi connectivity index (χ4n) is 4.10. The van der Waals surface area contributed by atoms with Gasteiger partial charge in [0.1, 0.15) is 12.4 Å². The van der Waals surface area contributed by atoms with Crippen LogP contribution in [0, 0.1) is 0 Å². The van der Waals surface area contributed by atoms with E-state index in [1.165, 1.54) is 24.6 Å². The Balaban J connectivity index is 1.31. The number of anilines is 1. The van der Waals surface area contributed by atoms with Crippen LogP contribution in [0.15, 0.2) is 64.2 Å². The predicted molar refractivity (Wildman–Crippen MR) is 118 cm³/mol. The smallest absolute Gasteiger partial charge is 0.277 e. The molecule has 2 aliphatic rings. The molecule has 5 rings (SSSR count). The number of carbonyl (C=O) groups is 1. The largest absolute Gasteiger partial charge is 0.489 e. The lowest BCUT2D eigenvalue weighted by Gasteiger charge is -2.37. The minimum Gasteiger partial charge on any atom is -0.489 e. The Bertz CT molecular complexity index is 1040. The minimum atomic E-state index is -0.183. The molecule has 31 heavy (non-hydrogen) atoms. The second-order valence-electron chi connectivity index (χ2n) is 7.70. The number of hydrogen-bond acceptors (Lipinski definition) is 7. The Kier molecular flexibility index (Phi) is 5.90. The van der Waals surface area contributed by atoms with E-state index in [9.17, 15) is 4.79 Å². The van der Waals surface area contributed by atoms with Gasteiger partial charge in [0.2, 0.25) is 11.8 Å². The predicted octanol–water partition coefficient (Wildman–Crippen LogP) is 3.92. The number of ether oxygens (including phenoxy) is 1. The first-order valence-electron chi connectivity index (χ1n) is 10.5. The Labute approximate surface area is 185 Å². The van der Waals surface area contributed by atoms with Crippen LogP contribution in [0.4, 0.5) is 5.69 Å². The summed E-state index contributed by atoms with van der Waals surface area (Å²) in [5.74, 6) is 1.52. The van der Waals surface area contributed by atoms with Crippen molar-refractivity contribution in [3.05, 3.63) is 66.1 Å². The molecule has 160 valence electrons. The summed E-state index contributed by atoms with van der Waals surface area (Å²) in [6.45, 7) is 3.23. The molecule has 1 saturated heterocycles. The zero-order chi connectivity index (χ0) is 21.0. The van der Waals surface area contributed by atoms with Crippen molar-refractivity contribution in [2.45, 2.75) is 30.7 Å². The lowest BCUT2D eigenvalue weighted by Crippen LogP contribution is -2.42. The van der Waals surface area contributed by atoms with Crippen LogP contribution in [-0.4, -0.2) is 46.5 Å². The fourth-order valence-corrected chi connectivity index (χ4v) is 4.74. The van der Waals surface area contributed by atoms with Crippen LogP contribution in [0.2, 0.25) is 0 Å². The highest BCUT2D eigenvalue weighted by molar-refractivity contribution is 7.99. The van der Waals surface area contributed by atoms with Crippen molar-refractivity contribution < 1.29 is 13.9 Å². The molecule has 0 saturated carbocycles. The van der Waals surface area contributed by atoms with Gasteiger partial charge in [0.05, 0.1) is 24.0 Å². The van der Waals surface area contributed by atoms with Gasteiger partial charge in [-0.3, -0.25) is 14.6 Å². The SMILES string of the molecule is O=C(CSc1nnc(CN2CCCC2)o1)N1c2ccccc2OC[C@@H]1c1ccccc1. The van der Waals surface area contributed by atoms with Gasteiger partial charge in [-0.25, -0.2) is 0 Å². The standard InChI is InChI=1S/C23H24N4O3S/c28-22(16-31-23-25-24-21(30-23)14-26-12-6-7-13-26)27-18-10-4-5-11-20(18)29-15-19(27)17-8-2-1-3-9-17/h1-5,8-11,19H,6-7,12-16H2/t19-/m1/s1. The van der Waals surface area contributed by atoms with E-state index in [2.05, 4.69) is 15.1 Å². The van der Waals surface area contributed by atoms with Crippen molar-refractivity contribution in [3.63, 3.8) is 0 Å². The van der Waals surface area contributed by atoms with E-state index in [0.29, 0.717) is 24.3 Å². The van der Waals surface area contributed by atoms with E-state index in [4.69, 9.17) is 9.15 Å². The normalized spacial score (nSPS) is 18.6. The number of rotatable bonds is 6. The van der Waals surface area contributed by atoms with Crippen LogP contribution < -0.4 is 9.64 Å². The lowest BCUT2D eigenvalue weighted by atomic mass is 10.0. The van der Waals surface area contributed by atoms with Gasteiger partial charge in [-0.15, -0.1) is 10.2 Å². The third kappa shape index (κ3) is 4.45. The summed E-state index contributed by atoms with van der Waals surface area (Å²) in [5.41, 5.74) is 1.83. The van der Waals surface area contributed by atoms with Crippen LogP contribution in [-0.2, 0) is 11.3 Å². The van der Waals surface area contributed by atoms with Crippen molar-refractivity contribution in [2.75, 3.05) is 30.3 Å². The van der Waals surface area contributed by atoms with Gasteiger partial charge in [-0.2, -0.15) is 0 Å². The zero-order valence-corrected chi connectivity index (χ0v) is 18.0. The molecule has 2 aliphatic heterocycles. The molecule has 7 nitrogen and oxygen atoms in total. The molecule has 8 heteroatoms. The van der Waals surface area contributed by atoms with Crippen molar-refractivity contribution in [2.24, 2.45) is 0 Å². The second kappa shape index (κ2) is 9.11. The van der Waals surface area contributed by atoms with Crippen LogP contribution >= 0.6 is 11.8 Å². The molecule has 0 N–H and O–H groups in total. The molecule has 0 unspecified atom stereocenters. The molecule has 3 aromatic rings. The maximum Gasteiger partial charge on any atom is 0.277 e. The Morgan fingerprint density at radius 2 is 1.81 bits per heavy atom. The van der Waals surface area contributed by atoms with E-state index in [1.54, 1.807) is 0 Å². The molecule has 0 radical (unpaired) electrons. The van der Waals surface area contributed by atoms with Gasteiger partial charge in [-0.1, -0.05) is 54.2 Å². The zero-order valence-electron chi connectivity index (χ0n) is 17.1. The molecular weight excluding hydrogens is 412 g/mol. The highest BCUT2D eigenvalue weighted by Gasteiger charge is 2.33. The summed E-state index contributed by atoms with van der Waals surface area (Å²) in [5, 5.41) is 8.70. The van der Waals surface area contributed by atoms with Gasteiger partial charge < -0.3 is 9.15 Å². The number of carbonyl (C=O) groups excluding carboxylic acids is 1. The van der Waals surface area contributed by atoms with E-state index in [0.717, 1.165) is 30.1 Å². The maximum absolute atomic E-state index is 13.4. The third-order valence-corrected chi connectivity index (χ3v) is 6.41. The number of fused-ring (bicyclic) bond motifs is 1. The number of para-hydroxylation sites is 2. The minimum absolute atomic E-state index is 0.0195. The number of nitrogens with zero attached hydrogens (tertiary/aromatic N) is 4. The summed E-state index contributed by atoms with van der Waals surface area (Å²) >= 11 is 1.28. The van der Waals surface area contributed by atoms with Crippen molar-refractivity contribution in [1.29, 1.82) is 0 Å². The lowest BCUT2D eigenvalue weighted by molar-refractivity contribution is -0.117. The monoisotopic (exact) mass is 436 g/mol. The highest BCUT2D eigenvalue weighted by atomic mass is 32.2. The molecule has 1 aromatic heterocycles. The maximum atomic E-state index is 13.4. The quantitative estimate of drug-likeness (QED) is 0.542. The third-order valence-electron chi connectivity index (χ3n) is 5.61. The molecule has 1 atom stereocenters. The Morgan fingerprint density at radius 3 is 2.65 bits per heavy atom. The first kappa shape index (κ1) is 20.1. The molecule has 1 amide bonds.